The molecule has 1 N–H and O–H groups in total. The zero-order chi connectivity index (χ0) is 22.6. The molecule has 1 nitrogen and oxygen atoms in total. The average molecular weight is 427 g/mol. The minimum Gasteiger partial charge on any atom is -0.393 e. The third-order valence-corrected chi connectivity index (χ3v) is 11.3. The number of aliphatic hydroxyl groups excluding tert-OH is 1. The summed E-state index contributed by atoms with van der Waals surface area (Å²) in [6.45, 7) is 19.4. The van der Waals surface area contributed by atoms with Crippen LogP contribution in [0.5, 0.6) is 0 Å². The highest BCUT2D eigenvalue weighted by Gasteiger charge is 2.56. The summed E-state index contributed by atoms with van der Waals surface area (Å²) >= 11 is 0. The van der Waals surface area contributed by atoms with E-state index in [2.05, 4.69) is 48.1 Å². The molecule has 4 aliphatic rings. The Balaban J connectivity index is 1.54. The maximum atomic E-state index is 10.5. The molecule has 0 amide bonds. The van der Waals surface area contributed by atoms with E-state index in [-0.39, 0.29) is 6.10 Å². The molecule has 0 aromatic carbocycles. The van der Waals surface area contributed by atoms with Crippen molar-refractivity contribution >= 4 is 0 Å². The van der Waals surface area contributed by atoms with E-state index in [1.54, 1.807) is 5.57 Å². The lowest BCUT2D eigenvalue weighted by atomic mass is 9.47. The van der Waals surface area contributed by atoms with Crippen LogP contribution in [0.4, 0.5) is 0 Å². The molecule has 0 aliphatic heterocycles. The number of hydrogen-bond donors (Lipinski definition) is 1. The monoisotopic (exact) mass is 426 g/mol. The lowest BCUT2D eigenvalue weighted by Crippen LogP contribution is -2.51. The second-order valence-electron chi connectivity index (χ2n) is 12.8. The van der Waals surface area contributed by atoms with Crippen LogP contribution in [0.25, 0.3) is 0 Å². The smallest absolute Gasteiger partial charge is 0.0568 e. The largest absolute Gasteiger partial charge is 0.393 e. The Kier molecular flexibility index (Phi) is 6.59. The van der Waals surface area contributed by atoms with Gasteiger partial charge < -0.3 is 5.11 Å². The molecule has 0 spiro atoms. The number of allylic oxidation sites excluding steroid dienone is 3. The summed E-state index contributed by atoms with van der Waals surface area (Å²) < 4.78 is 0. The van der Waals surface area contributed by atoms with Crippen molar-refractivity contribution in [2.45, 2.75) is 118 Å². The van der Waals surface area contributed by atoms with Gasteiger partial charge in [-0.05, 0) is 111 Å². The van der Waals surface area contributed by atoms with Gasteiger partial charge in [0.05, 0.1) is 6.10 Å². The standard InChI is InChI=1S/C30H50O/c1-8-22(19(2)3)10-9-20(4)24-13-14-26-23-11-12-25-21(5)28(31)16-18-30(25,7)27(23)15-17-29(24,26)6/h19,21-22,24-25,27-28,31H,4,8-18H2,1-3,5-7H3/t21-,22?,24+,25-,27-,28-,29+,30-/m0/s1. The second-order valence-corrected chi connectivity index (χ2v) is 12.8. The van der Waals surface area contributed by atoms with Gasteiger partial charge in [-0.2, -0.15) is 0 Å². The highest BCUT2D eigenvalue weighted by Crippen LogP contribution is 2.66. The Hall–Kier alpha value is -0.560. The van der Waals surface area contributed by atoms with Gasteiger partial charge in [-0.25, -0.2) is 0 Å². The average Bonchev–Trinajstić information content (AvgIpc) is 3.08. The van der Waals surface area contributed by atoms with Gasteiger partial charge in [0.25, 0.3) is 0 Å². The van der Waals surface area contributed by atoms with Crippen molar-refractivity contribution in [1.82, 2.24) is 0 Å². The van der Waals surface area contributed by atoms with E-state index in [1.807, 2.05) is 11.1 Å². The van der Waals surface area contributed by atoms with Gasteiger partial charge in [-0.3, -0.25) is 0 Å². The fourth-order valence-corrected chi connectivity index (χ4v) is 9.16. The number of fused-ring (bicyclic) bond motifs is 4. The molecule has 1 heteroatoms. The normalized spacial score (nSPS) is 43.4. The van der Waals surface area contributed by atoms with Crippen LogP contribution in [0.1, 0.15) is 112 Å². The fourth-order valence-electron chi connectivity index (χ4n) is 9.16. The molecule has 0 bridgehead atoms. The molecule has 0 saturated heterocycles. The molecule has 0 radical (unpaired) electrons. The van der Waals surface area contributed by atoms with Crippen LogP contribution in [0.3, 0.4) is 0 Å². The van der Waals surface area contributed by atoms with Gasteiger partial charge in [-0.15, -0.1) is 0 Å². The van der Waals surface area contributed by atoms with Gasteiger partial charge in [0.1, 0.15) is 0 Å². The van der Waals surface area contributed by atoms with E-state index in [0.717, 1.165) is 24.2 Å². The summed E-state index contributed by atoms with van der Waals surface area (Å²) in [7, 11) is 0. The van der Waals surface area contributed by atoms with Crippen molar-refractivity contribution in [1.29, 1.82) is 0 Å². The third-order valence-electron chi connectivity index (χ3n) is 11.3. The van der Waals surface area contributed by atoms with Crippen LogP contribution in [0, 0.1) is 46.3 Å². The minimum atomic E-state index is -0.0712. The van der Waals surface area contributed by atoms with E-state index >= 15 is 0 Å². The van der Waals surface area contributed by atoms with E-state index in [4.69, 9.17) is 0 Å². The summed E-state index contributed by atoms with van der Waals surface area (Å²) in [6.07, 6.45) is 14.0. The van der Waals surface area contributed by atoms with Gasteiger partial charge in [0.2, 0.25) is 0 Å². The minimum absolute atomic E-state index is 0.0712. The van der Waals surface area contributed by atoms with E-state index in [1.165, 1.54) is 64.2 Å². The first kappa shape index (κ1) is 23.6. The maximum absolute atomic E-state index is 10.5. The predicted octanol–water partition coefficient (Wildman–Crippen LogP) is 8.34. The summed E-state index contributed by atoms with van der Waals surface area (Å²) in [5.41, 5.74) is 6.10. The SMILES string of the molecule is C=C(CCC(CC)C(C)C)[C@H]1CCC2=C3CC[C@H]4[C@H](C)[C@@H](O)CC[C@]4(C)[C@H]3CC[C@@]21C. The van der Waals surface area contributed by atoms with Crippen LogP contribution in [0.2, 0.25) is 0 Å². The molecule has 3 fully saturated rings. The first-order valence-corrected chi connectivity index (χ1v) is 13.7. The van der Waals surface area contributed by atoms with Crippen molar-refractivity contribution in [3.8, 4) is 0 Å². The Morgan fingerprint density at radius 1 is 1.10 bits per heavy atom. The molecular weight excluding hydrogens is 376 g/mol. The van der Waals surface area contributed by atoms with Crippen molar-refractivity contribution < 1.29 is 5.11 Å². The second kappa shape index (κ2) is 8.66. The molecule has 4 rings (SSSR count). The number of aliphatic hydroxyl groups is 1. The van der Waals surface area contributed by atoms with E-state index < -0.39 is 0 Å². The zero-order valence-corrected chi connectivity index (χ0v) is 21.5. The number of hydrogen-bond acceptors (Lipinski definition) is 1. The first-order chi connectivity index (χ1) is 14.6. The summed E-state index contributed by atoms with van der Waals surface area (Å²) in [5.74, 6) is 4.31. The lowest BCUT2D eigenvalue weighted by molar-refractivity contribution is -0.0771. The van der Waals surface area contributed by atoms with Crippen LogP contribution >= 0.6 is 0 Å². The summed E-state index contributed by atoms with van der Waals surface area (Å²) in [4.78, 5) is 0. The zero-order valence-electron chi connectivity index (χ0n) is 21.5. The number of rotatable bonds is 6. The van der Waals surface area contributed by atoms with E-state index in [9.17, 15) is 5.11 Å². The van der Waals surface area contributed by atoms with Crippen molar-refractivity contribution in [3.63, 3.8) is 0 Å². The first-order valence-electron chi connectivity index (χ1n) is 13.7. The van der Waals surface area contributed by atoms with Gasteiger partial charge in [0.15, 0.2) is 0 Å². The van der Waals surface area contributed by atoms with Crippen molar-refractivity contribution in [3.05, 3.63) is 23.3 Å². The molecule has 0 aromatic rings. The lowest BCUT2D eigenvalue weighted by Gasteiger charge is -2.58. The highest BCUT2D eigenvalue weighted by atomic mass is 16.3. The Bertz CT molecular complexity index is 716. The molecule has 31 heavy (non-hydrogen) atoms. The summed E-state index contributed by atoms with van der Waals surface area (Å²) in [5, 5.41) is 10.5. The summed E-state index contributed by atoms with van der Waals surface area (Å²) in [6, 6.07) is 0. The predicted molar refractivity (Wildman–Crippen MR) is 133 cm³/mol. The molecule has 0 aromatic heterocycles. The van der Waals surface area contributed by atoms with Gasteiger partial charge in [-0.1, -0.05) is 71.3 Å². The molecule has 0 heterocycles. The van der Waals surface area contributed by atoms with Crippen LogP contribution in [-0.4, -0.2) is 11.2 Å². The van der Waals surface area contributed by atoms with Gasteiger partial charge in [0, 0.05) is 0 Å². The van der Waals surface area contributed by atoms with E-state index in [0.29, 0.717) is 28.6 Å². The molecule has 1 unspecified atom stereocenters. The quantitative estimate of drug-likeness (QED) is 0.423. The van der Waals surface area contributed by atoms with Crippen LogP contribution in [-0.2, 0) is 0 Å². The van der Waals surface area contributed by atoms with Crippen molar-refractivity contribution in [2.24, 2.45) is 46.3 Å². The molecule has 8 atom stereocenters. The Labute approximate surface area is 193 Å². The fraction of sp³-hybridized carbons (Fsp3) is 0.867. The Morgan fingerprint density at radius 3 is 2.52 bits per heavy atom. The van der Waals surface area contributed by atoms with Crippen LogP contribution in [0.15, 0.2) is 23.3 Å². The topological polar surface area (TPSA) is 20.2 Å². The highest BCUT2D eigenvalue weighted by molar-refractivity contribution is 5.37. The van der Waals surface area contributed by atoms with Gasteiger partial charge >= 0.3 is 0 Å². The Morgan fingerprint density at radius 2 is 1.84 bits per heavy atom. The third kappa shape index (κ3) is 3.79. The van der Waals surface area contributed by atoms with Crippen molar-refractivity contribution in [2.75, 3.05) is 0 Å². The molecule has 4 aliphatic carbocycles. The molecular formula is C30H50O. The molecule has 3 saturated carbocycles. The van der Waals surface area contributed by atoms with Crippen LogP contribution < -0.4 is 0 Å². The maximum Gasteiger partial charge on any atom is 0.0568 e. The molecule has 176 valence electrons.